The van der Waals surface area contributed by atoms with E-state index in [1.807, 2.05) is 4.90 Å². The minimum absolute atomic E-state index is 0.0196. The first-order chi connectivity index (χ1) is 7.65. The van der Waals surface area contributed by atoms with Gasteiger partial charge in [0.15, 0.2) is 0 Å². The van der Waals surface area contributed by atoms with Crippen LogP contribution in [0.15, 0.2) is 12.7 Å². The van der Waals surface area contributed by atoms with E-state index in [0.717, 1.165) is 13.0 Å². The van der Waals surface area contributed by atoms with Crippen molar-refractivity contribution < 1.29 is 14.7 Å². The van der Waals surface area contributed by atoms with Gasteiger partial charge in [0.05, 0.1) is 6.04 Å². The summed E-state index contributed by atoms with van der Waals surface area (Å²) < 4.78 is 0. The number of aliphatic carboxylic acids is 1. The molecule has 0 radical (unpaired) electrons. The molecule has 0 saturated carbocycles. The molecule has 1 aliphatic rings. The molecule has 1 saturated heterocycles. The molecule has 0 aliphatic carbocycles. The van der Waals surface area contributed by atoms with Crippen molar-refractivity contribution in [1.82, 2.24) is 10.2 Å². The van der Waals surface area contributed by atoms with Gasteiger partial charge in [0.1, 0.15) is 0 Å². The van der Waals surface area contributed by atoms with Gasteiger partial charge in [-0.3, -0.25) is 14.5 Å². The molecule has 1 heterocycles. The highest BCUT2D eigenvalue weighted by molar-refractivity contribution is 5.82. The summed E-state index contributed by atoms with van der Waals surface area (Å²) in [5, 5.41) is 11.4. The molecular weight excluding hydrogens is 208 g/mol. The van der Waals surface area contributed by atoms with Crippen LogP contribution in [0.5, 0.6) is 0 Å². The van der Waals surface area contributed by atoms with Gasteiger partial charge in [-0.25, -0.2) is 0 Å². The Bertz CT molecular complexity index is 278. The van der Waals surface area contributed by atoms with Crippen molar-refractivity contribution in [2.24, 2.45) is 0 Å². The number of carboxylic acid groups (broad SMARTS) is 1. The Labute approximate surface area is 95.1 Å². The molecule has 0 aromatic rings. The van der Waals surface area contributed by atoms with Crippen LogP contribution in [0.3, 0.4) is 0 Å². The topological polar surface area (TPSA) is 69.6 Å². The Balaban J connectivity index is 2.64. The molecule has 1 aliphatic heterocycles. The third-order valence-corrected chi connectivity index (χ3v) is 2.66. The van der Waals surface area contributed by atoms with E-state index >= 15 is 0 Å². The van der Waals surface area contributed by atoms with E-state index in [2.05, 4.69) is 11.9 Å². The Morgan fingerprint density at radius 1 is 1.69 bits per heavy atom. The first-order valence-electron chi connectivity index (χ1n) is 5.49. The van der Waals surface area contributed by atoms with Crippen LogP contribution in [-0.2, 0) is 9.59 Å². The molecule has 0 spiro atoms. The van der Waals surface area contributed by atoms with E-state index in [4.69, 9.17) is 5.11 Å². The predicted octanol–water partition coefficient (Wildman–Crippen LogP) is 0.228. The lowest BCUT2D eigenvalue weighted by molar-refractivity contribution is -0.137. The van der Waals surface area contributed by atoms with Gasteiger partial charge in [0.2, 0.25) is 5.91 Å². The number of hydrogen-bond acceptors (Lipinski definition) is 3. The van der Waals surface area contributed by atoms with Crippen LogP contribution in [0, 0.1) is 0 Å². The average Bonchev–Trinajstić information content (AvgIpc) is 2.39. The third-order valence-electron chi connectivity index (χ3n) is 2.66. The van der Waals surface area contributed by atoms with Crippen molar-refractivity contribution in [1.29, 1.82) is 0 Å². The number of carbonyl (C=O) groups is 2. The first kappa shape index (κ1) is 12.7. The van der Waals surface area contributed by atoms with E-state index in [9.17, 15) is 9.59 Å². The summed E-state index contributed by atoms with van der Waals surface area (Å²) in [4.78, 5) is 24.2. The molecule has 16 heavy (non-hydrogen) atoms. The number of rotatable bonds is 5. The molecule has 1 fully saturated rings. The van der Waals surface area contributed by atoms with Crippen LogP contribution in [0.1, 0.15) is 19.3 Å². The van der Waals surface area contributed by atoms with Crippen molar-refractivity contribution in [3.8, 4) is 0 Å². The quantitative estimate of drug-likeness (QED) is 0.658. The summed E-state index contributed by atoms with van der Waals surface area (Å²) in [5.74, 6) is -0.934. The van der Waals surface area contributed by atoms with E-state index in [1.54, 1.807) is 6.08 Å². The summed E-state index contributed by atoms with van der Waals surface area (Å²) >= 11 is 0. The number of carbonyl (C=O) groups excluding carboxylic acids is 1. The van der Waals surface area contributed by atoms with Crippen molar-refractivity contribution in [3.63, 3.8) is 0 Å². The normalized spacial score (nSPS) is 22.2. The fourth-order valence-corrected chi connectivity index (χ4v) is 1.89. The standard InChI is InChI=1S/C11H18N2O3/c1-2-7-13-8-3-6-12-11(16)9(13)4-5-10(14)15/h2,9H,1,3-8H2,(H,12,16)(H,14,15). The largest absolute Gasteiger partial charge is 0.481 e. The molecule has 5 nitrogen and oxygen atoms in total. The number of carboxylic acids is 1. The molecule has 90 valence electrons. The maximum absolute atomic E-state index is 11.7. The lowest BCUT2D eigenvalue weighted by atomic mass is 10.1. The van der Waals surface area contributed by atoms with E-state index in [0.29, 0.717) is 19.5 Å². The number of amides is 1. The van der Waals surface area contributed by atoms with Crippen molar-refractivity contribution in [2.45, 2.75) is 25.3 Å². The summed E-state index contributed by atoms with van der Waals surface area (Å²) in [6.45, 7) is 5.74. The molecule has 0 aromatic carbocycles. The Hall–Kier alpha value is -1.36. The molecule has 1 unspecified atom stereocenters. The smallest absolute Gasteiger partial charge is 0.303 e. The van der Waals surface area contributed by atoms with Crippen LogP contribution < -0.4 is 5.32 Å². The van der Waals surface area contributed by atoms with Crippen LogP contribution in [-0.4, -0.2) is 47.6 Å². The van der Waals surface area contributed by atoms with Gasteiger partial charge in [-0.15, -0.1) is 6.58 Å². The minimum Gasteiger partial charge on any atom is -0.481 e. The Morgan fingerprint density at radius 3 is 3.06 bits per heavy atom. The maximum atomic E-state index is 11.7. The van der Waals surface area contributed by atoms with Gasteiger partial charge < -0.3 is 10.4 Å². The zero-order chi connectivity index (χ0) is 12.0. The summed E-state index contributed by atoms with van der Waals surface area (Å²) in [6, 6.07) is -0.336. The van der Waals surface area contributed by atoms with Gasteiger partial charge >= 0.3 is 5.97 Å². The Morgan fingerprint density at radius 2 is 2.44 bits per heavy atom. The molecular formula is C11H18N2O3. The first-order valence-corrected chi connectivity index (χ1v) is 5.49. The number of nitrogens with zero attached hydrogens (tertiary/aromatic N) is 1. The van der Waals surface area contributed by atoms with E-state index in [1.165, 1.54) is 0 Å². The maximum Gasteiger partial charge on any atom is 0.303 e. The predicted molar refractivity (Wildman–Crippen MR) is 60.1 cm³/mol. The SMILES string of the molecule is C=CCN1CCCNC(=O)C1CCC(=O)O. The van der Waals surface area contributed by atoms with Gasteiger partial charge in [0, 0.05) is 26.1 Å². The molecule has 0 aromatic heterocycles. The highest BCUT2D eigenvalue weighted by Gasteiger charge is 2.27. The third kappa shape index (κ3) is 3.66. The number of hydrogen-bond donors (Lipinski definition) is 2. The molecule has 5 heteroatoms. The van der Waals surface area contributed by atoms with Crippen molar-refractivity contribution in [2.75, 3.05) is 19.6 Å². The zero-order valence-electron chi connectivity index (χ0n) is 9.32. The van der Waals surface area contributed by atoms with Gasteiger partial charge in [-0.1, -0.05) is 6.08 Å². The van der Waals surface area contributed by atoms with Gasteiger partial charge in [0.25, 0.3) is 0 Å². The second-order valence-electron chi connectivity index (χ2n) is 3.88. The fraction of sp³-hybridized carbons (Fsp3) is 0.636. The molecule has 1 rings (SSSR count). The molecule has 1 amide bonds. The molecule has 1 atom stereocenters. The fourth-order valence-electron chi connectivity index (χ4n) is 1.89. The summed E-state index contributed by atoms with van der Waals surface area (Å²) in [5.41, 5.74) is 0. The molecule has 2 N–H and O–H groups in total. The Kier molecular flexibility index (Phi) is 4.98. The summed E-state index contributed by atoms with van der Waals surface area (Å²) in [7, 11) is 0. The van der Waals surface area contributed by atoms with Crippen LogP contribution in [0.2, 0.25) is 0 Å². The van der Waals surface area contributed by atoms with Crippen LogP contribution in [0.4, 0.5) is 0 Å². The van der Waals surface area contributed by atoms with E-state index < -0.39 is 5.97 Å². The van der Waals surface area contributed by atoms with Gasteiger partial charge in [-0.05, 0) is 12.8 Å². The highest BCUT2D eigenvalue weighted by Crippen LogP contribution is 2.11. The van der Waals surface area contributed by atoms with E-state index in [-0.39, 0.29) is 18.4 Å². The summed E-state index contributed by atoms with van der Waals surface area (Å²) in [6.07, 6.45) is 3.01. The average molecular weight is 226 g/mol. The lowest BCUT2D eigenvalue weighted by Crippen LogP contribution is -2.44. The van der Waals surface area contributed by atoms with Crippen molar-refractivity contribution >= 4 is 11.9 Å². The second-order valence-corrected chi connectivity index (χ2v) is 3.88. The van der Waals surface area contributed by atoms with Gasteiger partial charge in [-0.2, -0.15) is 0 Å². The lowest BCUT2D eigenvalue weighted by Gasteiger charge is -2.26. The zero-order valence-corrected chi connectivity index (χ0v) is 9.32. The monoisotopic (exact) mass is 226 g/mol. The van der Waals surface area contributed by atoms with Crippen LogP contribution in [0.25, 0.3) is 0 Å². The van der Waals surface area contributed by atoms with Crippen molar-refractivity contribution in [3.05, 3.63) is 12.7 Å². The minimum atomic E-state index is -0.865. The molecule has 0 bridgehead atoms. The van der Waals surface area contributed by atoms with Crippen LogP contribution >= 0.6 is 0 Å². The highest BCUT2D eigenvalue weighted by atomic mass is 16.4. The number of nitrogens with one attached hydrogen (secondary N) is 1. The second kappa shape index (κ2) is 6.27.